The fourth-order valence-corrected chi connectivity index (χ4v) is 4.49. The van der Waals surface area contributed by atoms with E-state index in [9.17, 15) is 0 Å². The minimum absolute atomic E-state index is 0.0198. The van der Waals surface area contributed by atoms with E-state index in [2.05, 4.69) is 59.7 Å². The van der Waals surface area contributed by atoms with Crippen LogP contribution in [0.4, 0.5) is 0 Å². The maximum Gasteiger partial charge on any atom is 0.131 e. The van der Waals surface area contributed by atoms with Gasteiger partial charge in [-0.1, -0.05) is 70.9 Å². The zero-order valence-electron chi connectivity index (χ0n) is 20.6. The molecule has 0 bridgehead atoms. The molecule has 2 aromatic rings. The van der Waals surface area contributed by atoms with E-state index >= 15 is 0 Å². The number of nitrogens with two attached hydrogens (primary N) is 2. The summed E-state index contributed by atoms with van der Waals surface area (Å²) in [5, 5.41) is 0. The Balaban J connectivity index is 2.44. The molecular formula is C28H44N2O. The topological polar surface area (TPSA) is 61.3 Å². The largest absolute Gasteiger partial charge is 0.457 e. The highest BCUT2D eigenvalue weighted by atomic mass is 16.5. The molecule has 0 saturated carbocycles. The van der Waals surface area contributed by atoms with Gasteiger partial charge in [0.25, 0.3) is 0 Å². The third-order valence-corrected chi connectivity index (χ3v) is 6.33. The first kappa shape index (κ1) is 25.4. The molecule has 0 aliphatic heterocycles. The molecule has 3 nitrogen and oxygen atoms in total. The quantitative estimate of drug-likeness (QED) is 0.383. The zero-order chi connectivity index (χ0) is 23.1. The molecular weight excluding hydrogens is 380 g/mol. The molecule has 2 aromatic carbocycles. The van der Waals surface area contributed by atoms with Crippen molar-refractivity contribution >= 4 is 0 Å². The maximum atomic E-state index is 6.46. The Morgan fingerprint density at radius 3 is 1.84 bits per heavy atom. The van der Waals surface area contributed by atoms with Crippen molar-refractivity contribution in [1.29, 1.82) is 0 Å². The van der Waals surface area contributed by atoms with Gasteiger partial charge in [-0.2, -0.15) is 0 Å². The first-order chi connectivity index (χ1) is 14.5. The second kappa shape index (κ2) is 11.2. The predicted molar refractivity (Wildman–Crippen MR) is 134 cm³/mol. The van der Waals surface area contributed by atoms with E-state index in [1.807, 2.05) is 30.3 Å². The van der Waals surface area contributed by atoms with Gasteiger partial charge in [0.05, 0.1) is 0 Å². The Labute approximate surface area is 190 Å². The van der Waals surface area contributed by atoms with Crippen LogP contribution in [0.3, 0.4) is 0 Å². The molecule has 172 valence electrons. The van der Waals surface area contributed by atoms with Crippen LogP contribution in [0.5, 0.6) is 11.5 Å². The number of rotatable bonds is 12. The van der Waals surface area contributed by atoms with Gasteiger partial charge < -0.3 is 16.2 Å². The standard InChI is InChI=1S/C28H44N2O/c1-21(29)13-11-19-27(3,4)24-17-10-18-25(31-23-15-8-7-9-16-23)26(24)28(5,6)20-12-14-22(2)30/h7-10,15-18,21-22H,11-14,19-20,29-30H2,1-6H3. The molecule has 0 aliphatic carbocycles. The second-order valence-corrected chi connectivity index (χ2v) is 10.6. The van der Waals surface area contributed by atoms with Gasteiger partial charge in [-0.05, 0) is 74.1 Å². The predicted octanol–water partition coefficient (Wildman–Crippen LogP) is 7.07. The third kappa shape index (κ3) is 7.66. The molecule has 0 radical (unpaired) electrons. The maximum absolute atomic E-state index is 6.46. The van der Waals surface area contributed by atoms with E-state index in [1.165, 1.54) is 11.1 Å². The van der Waals surface area contributed by atoms with Crippen LogP contribution in [0.25, 0.3) is 0 Å². The molecule has 2 atom stereocenters. The van der Waals surface area contributed by atoms with E-state index < -0.39 is 0 Å². The SMILES string of the molecule is CC(N)CCCC(C)(C)c1cccc(Oc2ccccc2)c1C(C)(C)CCCC(C)N. The zero-order valence-corrected chi connectivity index (χ0v) is 20.6. The molecule has 0 aromatic heterocycles. The molecule has 0 saturated heterocycles. The summed E-state index contributed by atoms with van der Waals surface area (Å²) in [6.07, 6.45) is 6.50. The van der Waals surface area contributed by atoms with E-state index in [-0.39, 0.29) is 22.9 Å². The number of ether oxygens (including phenoxy) is 1. The lowest BCUT2D eigenvalue weighted by atomic mass is 9.69. The van der Waals surface area contributed by atoms with Crippen LogP contribution in [0, 0.1) is 0 Å². The molecule has 0 heterocycles. The lowest BCUT2D eigenvalue weighted by Gasteiger charge is -2.36. The Kier molecular flexibility index (Phi) is 9.14. The number of hydrogen-bond donors (Lipinski definition) is 2. The number of hydrogen-bond acceptors (Lipinski definition) is 3. The van der Waals surface area contributed by atoms with Crippen LogP contribution in [0.2, 0.25) is 0 Å². The van der Waals surface area contributed by atoms with Gasteiger partial charge >= 0.3 is 0 Å². The fraction of sp³-hybridized carbons (Fsp3) is 0.571. The van der Waals surface area contributed by atoms with Gasteiger partial charge in [0.2, 0.25) is 0 Å². The van der Waals surface area contributed by atoms with Crippen LogP contribution < -0.4 is 16.2 Å². The lowest BCUT2D eigenvalue weighted by molar-refractivity contribution is 0.382. The normalized spacial score (nSPS) is 14.3. The summed E-state index contributed by atoms with van der Waals surface area (Å²) in [6, 6.07) is 17.1. The smallest absolute Gasteiger partial charge is 0.131 e. The van der Waals surface area contributed by atoms with Gasteiger partial charge in [0.15, 0.2) is 0 Å². The average Bonchev–Trinajstić information content (AvgIpc) is 2.67. The minimum atomic E-state index is -0.0198. The number of para-hydroxylation sites is 1. The molecule has 4 N–H and O–H groups in total. The van der Waals surface area contributed by atoms with Gasteiger partial charge in [-0.25, -0.2) is 0 Å². The van der Waals surface area contributed by atoms with Crippen molar-refractivity contribution in [2.24, 2.45) is 11.5 Å². The van der Waals surface area contributed by atoms with Crippen molar-refractivity contribution < 1.29 is 4.74 Å². The highest BCUT2D eigenvalue weighted by Gasteiger charge is 2.33. The summed E-state index contributed by atoms with van der Waals surface area (Å²) in [5.41, 5.74) is 14.8. The molecule has 2 rings (SSSR count). The first-order valence-electron chi connectivity index (χ1n) is 11.9. The summed E-state index contributed by atoms with van der Waals surface area (Å²) < 4.78 is 6.46. The molecule has 2 unspecified atom stereocenters. The number of benzene rings is 2. The van der Waals surface area contributed by atoms with Gasteiger partial charge in [-0.15, -0.1) is 0 Å². The van der Waals surface area contributed by atoms with Crippen LogP contribution in [0.15, 0.2) is 48.5 Å². The van der Waals surface area contributed by atoms with Crippen LogP contribution in [0.1, 0.15) is 91.2 Å². The van der Waals surface area contributed by atoms with Crippen LogP contribution in [-0.2, 0) is 10.8 Å². The highest BCUT2D eigenvalue weighted by molar-refractivity contribution is 5.50. The summed E-state index contributed by atoms with van der Waals surface area (Å²) in [7, 11) is 0. The molecule has 31 heavy (non-hydrogen) atoms. The molecule has 0 spiro atoms. The van der Waals surface area contributed by atoms with Gasteiger partial charge in [-0.3, -0.25) is 0 Å². The van der Waals surface area contributed by atoms with Gasteiger partial charge in [0, 0.05) is 17.6 Å². The van der Waals surface area contributed by atoms with Crippen molar-refractivity contribution in [3.8, 4) is 11.5 Å². The highest BCUT2D eigenvalue weighted by Crippen LogP contribution is 2.45. The first-order valence-corrected chi connectivity index (χ1v) is 11.9. The minimum Gasteiger partial charge on any atom is -0.457 e. The Morgan fingerprint density at radius 2 is 1.29 bits per heavy atom. The monoisotopic (exact) mass is 424 g/mol. The van der Waals surface area contributed by atoms with Crippen LogP contribution >= 0.6 is 0 Å². The van der Waals surface area contributed by atoms with Gasteiger partial charge in [0.1, 0.15) is 11.5 Å². The summed E-state index contributed by atoms with van der Waals surface area (Å²) in [5.74, 6) is 1.84. The van der Waals surface area contributed by atoms with E-state index in [1.54, 1.807) is 0 Å². The van der Waals surface area contributed by atoms with E-state index in [4.69, 9.17) is 16.2 Å². The fourth-order valence-electron chi connectivity index (χ4n) is 4.49. The van der Waals surface area contributed by atoms with Crippen molar-refractivity contribution in [2.75, 3.05) is 0 Å². The molecule has 0 amide bonds. The summed E-state index contributed by atoms with van der Waals surface area (Å²) >= 11 is 0. The van der Waals surface area contributed by atoms with E-state index in [0.717, 1.165) is 50.0 Å². The average molecular weight is 425 g/mol. The summed E-state index contributed by atoms with van der Waals surface area (Å²) in [4.78, 5) is 0. The summed E-state index contributed by atoms with van der Waals surface area (Å²) in [6.45, 7) is 13.6. The Morgan fingerprint density at radius 1 is 0.742 bits per heavy atom. The van der Waals surface area contributed by atoms with E-state index in [0.29, 0.717) is 0 Å². The Bertz CT molecular complexity index is 794. The molecule has 3 heteroatoms. The van der Waals surface area contributed by atoms with Crippen molar-refractivity contribution in [1.82, 2.24) is 0 Å². The molecule has 0 fully saturated rings. The Hall–Kier alpha value is -1.84. The second-order valence-electron chi connectivity index (χ2n) is 10.6. The van der Waals surface area contributed by atoms with Crippen molar-refractivity contribution in [3.63, 3.8) is 0 Å². The van der Waals surface area contributed by atoms with Crippen molar-refractivity contribution in [3.05, 3.63) is 59.7 Å². The van der Waals surface area contributed by atoms with Crippen molar-refractivity contribution in [2.45, 2.75) is 103 Å². The lowest BCUT2D eigenvalue weighted by Crippen LogP contribution is -2.28. The molecule has 0 aliphatic rings. The van der Waals surface area contributed by atoms with Crippen LogP contribution in [-0.4, -0.2) is 12.1 Å². The third-order valence-electron chi connectivity index (χ3n) is 6.33.